The number of benzene rings is 2. The first-order valence-electron chi connectivity index (χ1n) is 10.3. The number of anilines is 1. The lowest BCUT2D eigenvalue weighted by Gasteiger charge is -2.34. The molecule has 2 unspecified atom stereocenters. The van der Waals surface area contributed by atoms with E-state index in [1.54, 1.807) is 32.0 Å². The van der Waals surface area contributed by atoms with Crippen LogP contribution in [-0.4, -0.2) is 61.9 Å². The van der Waals surface area contributed by atoms with E-state index in [9.17, 15) is 23.3 Å². The molecule has 0 spiro atoms. The minimum Gasteiger partial charge on any atom is -0.378 e. The van der Waals surface area contributed by atoms with E-state index < -0.39 is 20.9 Å². The van der Waals surface area contributed by atoms with E-state index in [1.807, 2.05) is 0 Å². The Morgan fingerprint density at radius 1 is 1.18 bits per heavy atom. The monoisotopic (exact) mass is 496 g/mol. The lowest BCUT2D eigenvalue weighted by molar-refractivity contribution is -0.384. The zero-order valence-corrected chi connectivity index (χ0v) is 19.7. The van der Waals surface area contributed by atoms with Crippen molar-refractivity contribution in [2.45, 2.75) is 31.0 Å². The van der Waals surface area contributed by atoms with E-state index >= 15 is 0 Å². The van der Waals surface area contributed by atoms with Crippen molar-refractivity contribution in [2.24, 2.45) is 0 Å². The summed E-state index contributed by atoms with van der Waals surface area (Å²) < 4.78 is 33.2. The van der Waals surface area contributed by atoms with Crippen molar-refractivity contribution in [2.75, 3.05) is 31.5 Å². The number of hydrogen-bond acceptors (Lipinski definition) is 7. The molecule has 1 heterocycles. The van der Waals surface area contributed by atoms with Gasteiger partial charge < -0.3 is 15.4 Å². The molecule has 0 aromatic heterocycles. The van der Waals surface area contributed by atoms with Crippen LogP contribution in [0.1, 0.15) is 24.2 Å². The molecule has 0 radical (unpaired) electrons. The Labute approximate surface area is 197 Å². The number of nitro groups is 1. The fraction of sp³-hybridized carbons (Fsp3) is 0.381. The molecule has 178 valence electrons. The summed E-state index contributed by atoms with van der Waals surface area (Å²) in [5, 5.41) is 16.7. The second kappa shape index (κ2) is 10.5. The van der Waals surface area contributed by atoms with Gasteiger partial charge in [-0.15, -0.1) is 0 Å². The van der Waals surface area contributed by atoms with Gasteiger partial charge in [0.2, 0.25) is 10.0 Å². The lowest BCUT2D eigenvalue weighted by atomic mass is 10.2. The van der Waals surface area contributed by atoms with Crippen LogP contribution < -0.4 is 10.6 Å². The van der Waals surface area contributed by atoms with Gasteiger partial charge in [-0.2, -0.15) is 4.31 Å². The van der Waals surface area contributed by atoms with E-state index in [0.29, 0.717) is 5.69 Å². The third-order valence-electron chi connectivity index (χ3n) is 5.02. The fourth-order valence-electron chi connectivity index (χ4n) is 3.57. The van der Waals surface area contributed by atoms with Gasteiger partial charge in [-0.1, -0.05) is 23.7 Å². The minimum atomic E-state index is -3.92. The first-order chi connectivity index (χ1) is 15.6. The molecule has 0 bridgehead atoms. The molecular formula is C21H25ClN4O6S. The van der Waals surface area contributed by atoms with E-state index in [4.69, 9.17) is 16.3 Å². The Morgan fingerprint density at radius 3 is 2.52 bits per heavy atom. The van der Waals surface area contributed by atoms with Crippen LogP contribution in [0.3, 0.4) is 0 Å². The van der Waals surface area contributed by atoms with E-state index in [2.05, 4.69) is 10.6 Å². The van der Waals surface area contributed by atoms with E-state index in [-0.39, 0.29) is 59.6 Å². The van der Waals surface area contributed by atoms with Gasteiger partial charge in [0.05, 0.1) is 22.2 Å². The molecular weight excluding hydrogens is 472 g/mol. The zero-order chi connectivity index (χ0) is 24.2. The maximum absolute atomic E-state index is 13.2. The lowest BCUT2D eigenvalue weighted by Crippen LogP contribution is -2.48. The molecule has 2 aromatic carbocycles. The standard InChI is InChI=1S/C21H25ClN4O6S/c1-14-12-25(13-15(2)32-14)33(30,31)20-11-16(7-8-17(20)22)21(27)24-10-9-23-18-5-3-4-6-19(18)26(28)29/h3-8,11,14-15,23H,9-10,12-13H2,1-2H3,(H,24,27). The summed E-state index contributed by atoms with van der Waals surface area (Å²) in [6.07, 6.45) is -0.525. The van der Waals surface area contributed by atoms with Gasteiger partial charge in [0.15, 0.2) is 0 Å². The molecule has 1 saturated heterocycles. The molecule has 1 aliphatic heterocycles. The first kappa shape index (κ1) is 24.9. The first-order valence-corrected chi connectivity index (χ1v) is 12.1. The molecule has 1 amide bonds. The Bertz CT molecular complexity index is 1130. The predicted molar refractivity (Wildman–Crippen MR) is 124 cm³/mol. The number of carbonyl (C=O) groups excluding carboxylic acids is 1. The fourth-order valence-corrected chi connectivity index (χ4v) is 5.66. The number of nitro benzene ring substituents is 1. The van der Waals surface area contributed by atoms with Crippen LogP contribution in [-0.2, 0) is 14.8 Å². The number of nitrogens with zero attached hydrogens (tertiary/aromatic N) is 2. The van der Waals surface area contributed by atoms with Gasteiger partial charge >= 0.3 is 0 Å². The highest BCUT2D eigenvalue weighted by Gasteiger charge is 2.33. The second-order valence-corrected chi connectivity index (χ2v) is 10.00. The van der Waals surface area contributed by atoms with Crippen LogP contribution in [0.25, 0.3) is 0 Å². The highest BCUT2D eigenvalue weighted by Crippen LogP contribution is 2.28. The van der Waals surface area contributed by atoms with Gasteiger partial charge in [-0.25, -0.2) is 8.42 Å². The van der Waals surface area contributed by atoms with Crippen LogP contribution in [0.2, 0.25) is 5.02 Å². The highest BCUT2D eigenvalue weighted by molar-refractivity contribution is 7.89. The molecule has 1 fully saturated rings. The van der Waals surface area contributed by atoms with Gasteiger partial charge in [-0.3, -0.25) is 14.9 Å². The molecule has 0 aliphatic carbocycles. The summed E-state index contributed by atoms with van der Waals surface area (Å²) in [6.45, 7) is 4.36. The van der Waals surface area contributed by atoms with Crippen molar-refractivity contribution < 1.29 is 22.9 Å². The topological polar surface area (TPSA) is 131 Å². The van der Waals surface area contributed by atoms with Crippen molar-refractivity contribution in [3.8, 4) is 0 Å². The van der Waals surface area contributed by atoms with Crippen LogP contribution in [0.15, 0.2) is 47.4 Å². The van der Waals surface area contributed by atoms with Crippen molar-refractivity contribution in [1.29, 1.82) is 0 Å². The average Bonchev–Trinajstić information content (AvgIpc) is 2.76. The largest absolute Gasteiger partial charge is 0.378 e. The summed E-state index contributed by atoms with van der Waals surface area (Å²) in [4.78, 5) is 23.0. The molecule has 33 heavy (non-hydrogen) atoms. The Morgan fingerprint density at radius 2 is 1.85 bits per heavy atom. The van der Waals surface area contributed by atoms with E-state index in [1.165, 1.54) is 28.6 Å². The molecule has 2 N–H and O–H groups in total. The number of rotatable bonds is 8. The average molecular weight is 497 g/mol. The zero-order valence-electron chi connectivity index (χ0n) is 18.2. The quantitative estimate of drug-likeness (QED) is 0.326. The number of ether oxygens (including phenoxy) is 1. The van der Waals surface area contributed by atoms with Crippen LogP contribution in [0, 0.1) is 10.1 Å². The maximum Gasteiger partial charge on any atom is 0.292 e. The van der Waals surface area contributed by atoms with Gasteiger partial charge in [0.25, 0.3) is 11.6 Å². The normalized spacial score (nSPS) is 19.1. The summed E-state index contributed by atoms with van der Waals surface area (Å²) in [5.74, 6) is -0.490. The molecule has 0 saturated carbocycles. The number of carbonyl (C=O) groups is 1. The van der Waals surface area contributed by atoms with Crippen LogP contribution in [0.4, 0.5) is 11.4 Å². The molecule has 12 heteroatoms. The minimum absolute atomic E-state index is 0.0244. The third-order valence-corrected chi connectivity index (χ3v) is 7.34. The number of para-hydroxylation sites is 2. The molecule has 2 aromatic rings. The van der Waals surface area contributed by atoms with Gasteiger partial charge in [0, 0.05) is 37.8 Å². The number of amides is 1. The van der Waals surface area contributed by atoms with Gasteiger partial charge in [-0.05, 0) is 38.1 Å². The summed E-state index contributed by atoms with van der Waals surface area (Å²) in [6, 6.07) is 10.3. The number of sulfonamides is 1. The van der Waals surface area contributed by atoms with Crippen molar-refractivity contribution in [1.82, 2.24) is 9.62 Å². The molecule has 2 atom stereocenters. The number of morpholine rings is 1. The van der Waals surface area contributed by atoms with Crippen molar-refractivity contribution in [3.05, 3.63) is 63.2 Å². The number of hydrogen-bond donors (Lipinski definition) is 2. The second-order valence-electron chi connectivity index (χ2n) is 7.68. The van der Waals surface area contributed by atoms with Crippen LogP contribution >= 0.6 is 11.6 Å². The van der Waals surface area contributed by atoms with Crippen molar-refractivity contribution >= 4 is 38.9 Å². The summed E-state index contributed by atoms with van der Waals surface area (Å²) in [5.41, 5.74) is 0.409. The smallest absolute Gasteiger partial charge is 0.292 e. The molecule has 10 nitrogen and oxygen atoms in total. The molecule has 1 aliphatic rings. The Balaban J connectivity index is 1.66. The van der Waals surface area contributed by atoms with E-state index in [0.717, 1.165) is 0 Å². The Kier molecular flexibility index (Phi) is 7.90. The Hall–Kier alpha value is -2.73. The SMILES string of the molecule is CC1CN(S(=O)(=O)c2cc(C(=O)NCCNc3ccccc3[N+](=O)[O-])ccc2Cl)CC(C)O1. The van der Waals surface area contributed by atoms with Gasteiger partial charge in [0.1, 0.15) is 10.6 Å². The third kappa shape index (κ3) is 5.99. The van der Waals surface area contributed by atoms with Crippen LogP contribution in [0.5, 0.6) is 0 Å². The number of nitrogens with one attached hydrogen (secondary N) is 2. The summed E-state index contributed by atoms with van der Waals surface area (Å²) in [7, 11) is -3.92. The number of halogens is 1. The maximum atomic E-state index is 13.2. The predicted octanol–water partition coefficient (Wildman–Crippen LogP) is 2.89. The summed E-state index contributed by atoms with van der Waals surface area (Å²) >= 11 is 6.18. The highest BCUT2D eigenvalue weighted by atomic mass is 35.5. The van der Waals surface area contributed by atoms with Crippen molar-refractivity contribution in [3.63, 3.8) is 0 Å². The molecule has 3 rings (SSSR count).